The number of nitrogens with two attached hydrogens (primary N) is 1. The van der Waals surface area contributed by atoms with Crippen LogP contribution in [0.2, 0.25) is 0 Å². The van der Waals surface area contributed by atoms with Crippen molar-refractivity contribution in [3.8, 4) is 6.19 Å². The molecule has 0 unspecified atom stereocenters. The zero-order chi connectivity index (χ0) is 13.5. The van der Waals surface area contributed by atoms with Crippen molar-refractivity contribution in [2.75, 3.05) is 30.3 Å². The second-order valence-electron chi connectivity index (χ2n) is 3.53. The quantitative estimate of drug-likeness (QED) is 0.384. The summed E-state index contributed by atoms with van der Waals surface area (Å²) < 4.78 is 1.23. The molecule has 1 aromatic rings. The predicted molar refractivity (Wildman–Crippen MR) is 67.9 cm³/mol. The maximum absolute atomic E-state index is 11.8. The van der Waals surface area contributed by atoms with Gasteiger partial charge in [-0.25, -0.2) is 4.79 Å². The number of hydrogen-bond donors (Lipinski definition) is 2. The van der Waals surface area contributed by atoms with Crippen molar-refractivity contribution in [2.24, 2.45) is 0 Å². The van der Waals surface area contributed by atoms with E-state index in [0.717, 1.165) is 0 Å². The van der Waals surface area contributed by atoms with Crippen LogP contribution in [0.25, 0.3) is 0 Å². The molecule has 18 heavy (non-hydrogen) atoms. The van der Waals surface area contributed by atoms with E-state index in [1.165, 1.54) is 4.57 Å². The minimum absolute atomic E-state index is 0.108. The van der Waals surface area contributed by atoms with Crippen LogP contribution >= 0.6 is 0 Å². The Hall–Kier alpha value is -2.30. The smallest absolute Gasteiger partial charge is 0.353 e. The van der Waals surface area contributed by atoms with Crippen LogP contribution in [0.1, 0.15) is 13.8 Å². The van der Waals surface area contributed by atoms with Crippen LogP contribution in [0, 0.1) is 11.5 Å². The van der Waals surface area contributed by atoms with Crippen LogP contribution in [-0.2, 0) is 6.54 Å². The summed E-state index contributed by atoms with van der Waals surface area (Å²) in [5.74, 6) is 0.448. The minimum atomic E-state index is -0.455. The summed E-state index contributed by atoms with van der Waals surface area (Å²) in [5.41, 5.74) is 5.27. The van der Waals surface area contributed by atoms with Crippen molar-refractivity contribution >= 4 is 11.9 Å². The van der Waals surface area contributed by atoms with Gasteiger partial charge < -0.3 is 16.0 Å². The summed E-state index contributed by atoms with van der Waals surface area (Å²) in [6.07, 6.45) is 1.77. The van der Waals surface area contributed by atoms with Gasteiger partial charge in [0.25, 0.3) is 0 Å². The lowest BCUT2D eigenvalue weighted by Gasteiger charge is -2.19. The van der Waals surface area contributed by atoms with Crippen LogP contribution in [0.3, 0.4) is 0 Å². The monoisotopic (exact) mass is 251 g/mol. The van der Waals surface area contributed by atoms with Gasteiger partial charge in [-0.2, -0.15) is 15.2 Å². The van der Waals surface area contributed by atoms with Gasteiger partial charge in [-0.05, 0) is 13.8 Å². The number of rotatable bonds is 6. The first-order valence-corrected chi connectivity index (χ1v) is 5.75. The summed E-state index contributed by atoms with van der Waals surface area (Å²) >= 11 is 0. The highest BCUT2D eigenvalue weighted by Crippen LogP contribution is 2.05. The fourth-order valence-electron chi connectivity index (χ4n) is 1.51. The van der Waals surface area contributed by atoms with Gasteiger partial charge in [0.05, 0.1) is 0 Å². The lowest BCUT2D eigenvalue weighted by atomic mass is 10.5. The summed E-state index contributed by atoms with van der Waals surface area (Å²) in [6.45, 7) is 5.88. The van der Waals surface area contributed by atoms with E-state index >= 15 is 0 Å². The highest BCUT2D eigenvalue weighted by Gasteiger charge is 2.11. The highest BCUT2D eigenvalue weighted by molar-refractivity contribution is 5.33. The molecule has 1 heterocycles. The van der Waals surface area contributed by atoms with Crippen molar-refractivity contribution in [1.82, 2.24) is 19.9 Å². The molecule has 1 aromatic heterocycles. The Bertz CT molecular complexity index is 486. The molecule has 0 bridgehead atoms. The molecule has 1 rings (SSSR count). The molecule has 3 N–H and O–H groups in total. The van der Waals surface area contributed by atoms with Crippen molar-refractivity contribution in [2.45, 2.75) is 20.4 Å². The fraction of sp³-hybridized carbons (Fsp3) is 0.600. The van der Waals surface area contributed by atoms with E-state index in [1.54, 1.807) is 6.19 Å². The summed E-state index contributed by atoms with van der Waals surface area (Å²) in [6, 6.07) is 0. The Morgan fingerprint density at radius 3 is 2.61 bits per heavy atom. The summed E-state index contributed by atoms with van der Waals surface area (Å²) in [4.78, 5) is 21.6. The predicted octanol–water partition coefficient (Wildman–Crippen LogP) is -0.863. The fourth-order valence-corrected chi connectivity index (χ4v) is 1.51. The lowest BCUT2D eigenvalue weighted by molar-refractivity contribution is 0.619. The third kappa shape index (κ3) is 3.10. The first-order chi connectivity index (χ1) is 8.63. The van der Waals surface area contributed by atoms with Crippen molar-refractivity contribution in [3.05, 3.63) is 10.5 Å². The standard InChI is InChI=1S/C10H17N7O/c1-3-16(4-2)9-14-8(12)17(10(18)15-9)6-5-13-7-11/h13H,3-6H2,1-2H3,(H2,12,14,15,18). The minimum Gasteiger partial charge on any atom is -0.369 e. The van der Waals surface area contributed by atoms with Gasteiger partial charge in [-0.3, -0.25) is 4.57 Å². The van der Waals surface area contributed by atoms with E-state index in [1.807, 2.05) is 18.7 Å². The van der Waals surface area contributed by atoms with Crippen molar-refractivity contribution < 1.29 is 0 Å². The maximum atomic E-state index is 11.8. The first kappa shape index (κ1) is 13.8. The molecule has 0 aliphatic rings. The van der Waals surface area contributed by atoms with E-state index in [4.69, 9.17) is 11.0 Å². The summed E-state index contributed by atoms with van der Waals surface area (Å²) in [5, 5.41) is 10.8. The number of nitrogens with zero attached hydrogens (tertiary/aromatic N) is 5. The third-order valence-electron chi connectivity index (χ3n) is 2.50. The van der Waals surface area contributed by atoms with Crippen LogP contribution in [0.4, 0.5) is 11.9 Å². The van der Waals surface area contributed by atoms with Gasteiger partial charge >= 0.3 is 5.69 Å². The molecular formula is C10H17N7O. The Balaban J connectivity index is 2.98. The first-order valence-electron chi connectivity index (χ1n) is 5.75. The molecule has 0 saturated carbocycles. The van der Waals surface area contributed by atoms with Gasteiger partial charge in [0, 0.05) is 26.2 Å². The Morgan fingerprint density at radius 2 is 2.11 bits per heavy atom. The zero-order valence-electron chi connectivity index (χ0n) is 10.6. The lowest BCUT2D eigenvalue weighted by Crippen LogP contribution is -2.34. The molecule has 0 spiro atoms. The number of hydrogen-bond acceptors (Lipinski definition) is 7. The molecule has 0 amide bonds. The van der Waals surface area contributed by atoms with E-state index < -0.39 is 5.69 Å². The van der Waals surface area contributed by atoms with Crippen LogP contribution < -0.4 is 21.6 Å². The highest BCUT2D eigenvalue weighted by atomic mass is 16.1. The Labute approximate surface area is 105 Å². The molecule has 98 valence electrons. The Morgan fingerprint density at radius 1 is 1.44 bits per heavy atom. The molecule has 8 nitrogen and oxygen atoms in total. The SMILES string of the molecule is CCN(CC)c1nc(N)n(CCNC#N)c(=O)n1. The molecule has 0 aliphatic heterocycles. The number of aromatic nitrogens is 3. The van der Waals surface area contributed by atoms with Crippen molar-refractivity contribution in [1.29, 1.82) is 5.26 Å². The Kier molecular flexibility index (Phi) is 4.92. The van der Waals surface area contributed by atoms with E-state index in [2.05, 4.69) is 15.3 Å². The van der Waals surface area contributed by atoms with Gasteiger partial charge in [0.15, 0.2) is 6.19 Å². The summed E-state index contributed by atoms with van der Waals surface area (Å²) in [7, 11) is 0. The van der Waals surface area contributed by atoms with Gasteiger partial charge in [0.1, 0.15) is 0 Å². The van der Waals surface area contributed by atoms with Crippen molar-refractivity contribution in [3.63, 3.8) is 0 Å². The van der Waals surface area contributed by atoms with Crippen LogP contribution in [-0.4, -0.2) is 34.2 Å². The van der Waals surface area contributed by atoms with Gasteiger partial charge in [-0.15, -0.1) is 0 Å². The van der Waals surface area contributed by atoms with E-state index in [9.17, 15) is 4.79 Å². The third-order valence-corrected chi connectivity index (χ3v) is 2.50. The second kappa shape index (κ2) is 6.44. The van der Waals surface area contributed by atoms with E-state index in [-0.39, 0.29) is 12.5 Å². The second-order valence-corrected chi connectivity index (χ2v) is 3.53. The number of anilines is 2. The molecule has 8 heteroatoms. The number of nitrogens with one attached hydrogen (secondary N) is 1. The molecule has 0 aliphatic carbocycles. The maximum Gasteiger partial charge on any atom is 0.353 e. The van der Waals surface area contributed by atoms with Gasteiger partial charge in [0.2, 0.25) is 11.9 Å². The van der Waals surface area contributed by atoms with Gasteiger partial charge in [-0.1, -0.05) is 0 Å². The van der Waals surface area contributed by atoms with Crippen LogP contribution in [0.15, 0.2) is 4.79 Å². The molecule has 0 saturated heterocycles. The van der Waals surface area contributed by atoms with Crippen LogP contribution in [0.5, 0.6) is 0 Å². The number of nitriles is 1. The van der Waals surface area contributed by atoms with E-state index in [0.29, 0.717) is 25.6 Å². The average Bonchev–Trinajstić information content (AvgIpc) is 2.34. The normalized spacial score (nSPS) is 9.83. The molecule has 0 radical (unpaired) electrons. The molecular weight excluding hydrogens is 234 g/mol. The zero-order valence-corrected chi connectivity index (χ0v) is 10.6. The number of nitrogen functional groups attached to an aromatic ring is 1. The topological polar surface area (TPSA) is 113 Å². The molecule has 0 fully saturated rings. The largest absolute Gasteiger partial charge is 0.369 e. The molecule has 0 atom stereocenters. The average molecular weight is 251 g/mol. The molecule has 0 aromatic carbocycles.